The van der Waals surface area contributed by atoms with Crippen molar-refractivity contribution in [2.45, 2.75) is 31.7 Å². The summed E-state index contributed by atoms with van der Waals surface area (Å²) in [6, 6.07) is 9.95. The molecule has 1 aromatic carbocycles. The Morgan fingerprint density at radius 3 is 2.57 bits per heavy atom. The first kappa shape index (κ1) is 20.2. The average Bonchev–Trinajstić information content (AvgIpc) is 3.27. The molecule has 150 valence electrons. The van der Waals surface area contributed by atoms with E-state index in [9.17, 15) is 9.59 Å². The number of methoxy groups -OCH3 is 1. The fourth-order valence-corrected chi connectivity index (χ4v) is 3.92. The number of hydrogen-bond acceptors (Lipinski definition) is 4. The zero-order valence-corrected chi connectivity index (χ0v) is 17.0. The number of piperidine rings is 1. The molecule has 28 heavy (non-hydrogen) atoms. The standard InChI is InChI=1S/C21H27N3O3S/c1-27-19-6-4-16(5-7-19)3-2-11-22-21(26)24-12-8-18(9-13-24)23-20(25)17-10-14-28-15-17/h4-7,10,14-15,18H,2-3,8-9,11-13H2,1H3,(H,22,26)(H,23,25). The smallest absolute Gasteiger partial charge is 0.317 e. The second kappa shape index (κ2) is 10.1. The maximum atomic E-state index is 12.3. The molecule has 0 aliphatic carbocycles. The second-order valence-electron chi connectivity index (χ2n) is 6.93. The summed E-state index contributed by atoms with van der Waals surface area (Å²) in [5.41, 5.74) is 1.94. The summed E-state index contributed by atoms with van der Waals surface area (Å²) in [5.74, 6) is 0.828. The maximum absolute atomic E-state index is 12.3. The van der Waals surface area contributed by atoms with Crippen molar-refractivity contribution in [1.82, 2.24) is 15.5 Å². The Morgan fingerprint density at radius 2 is 1.93 bits per heavy atom. The van der Waals surface area contributed by atoms with E-state index in [4.69, 9.17) is 4.74 Å². The Kier molecular flexibility index (Phi) is 7.31. The van der Waals surface area contributed by atoms with Crippen LogP contribution in [0, 0.1) is 0 Å². The number of hydrogen-bond donors (Lipinski definition) is 2. The first-order valence-corrected chi connectivity index (χ1v) is 10.6. The number of urea groups is 1. The van der Waals surface area contributed by atoms with Gasteiger partial charge in [-0.25, -0.2) is 4.79 Å². The summed E-state index contributed by atoms with van der Waals surface area (Å²) in [6.07, 6.45) is 3.39. The molecule has 0 spiro atoms. The number of aryl methyl sites for hydroxylation is 1. The monoisotopic (exact) mass is 401 g/mol. The minimum atomic E-state index is -0.0253. The largest absolute Gasteiger partial charge is 0.497 e. The SMILES string of the molecule is COc1ccc(CCCNC(=O)N2CCC(NC(=O)c3ccsc3)CC2)cc1. The minimum absolute atomic E-state index is 0.0163. The van der Waals surface area contributed by atoms with E-state index in [2.05, 4.69) is 22.8 Å². The lowest BCUT2D eigenvalue weighted by atomic mass is 10.0. The number of nitrogens with one attached hydrogen (secondary N) is 2. The molecule has 2 N–H and O–H groups in total. The molecule has 7 heteroatoms. The topological polar surface area (TPSA) is 70.7 Å². The van der Waals surface area contributed by atoms with Crippen molar-refractivity contribution in [2.75, 3.05) is 26.7 Å². The highest BCUT2D eigenvalue weighted by atomic mass is 32.1. The first-order valence-electron chi connectivity index (χ1n) is 9.64. The van der Waals surface area contributed by atoms with Gasteiger partial charge in [0.2, 0.25) is 0 Å². The van der Waals surface area contributed by atoms with Crippen molar-refractivity contribution in [3.63, 3.8) is 0 Å². The molecule has 3 rings (SSSR count). The molecule has 0 atom stereocenters. The molecular formula is C21H27N3O3S. The summed E-state index contributed by atoms with van der Waals surface area (Å²) in [4.78, 5) is 26.3. The normalized spacial score (nSPS) is 14.5. The van der Waals surface area contributed by atoms with Crippen molar-refractivity contribution in [1.29, 1.82) is 0 Å². The summed E-state index contributed by atoms with van der Waals surface area (Å²) in [6.45, 7) is 1.98. The average molecular weight is 402 g/mol. The Hall–Kier alpha value is -2.54. The number of benzene rings is 1. The summed E-state index contributed by atoms with van der Waals surface area (Å²) < 4.78 is 5.16. The van der Waals surface area contributed by atoms with Crippen LogP contribution in [0.5, 0.6) is 5.75 Å². The van der Waals surface area contributed by atoms with Crippen LogP contribution in [0.1, 0.15) is 35.2 Å². The van der Waals surface area contributed by atoms with E-state index in [0.717, 1.165) is 31.4 Å². The van der Waals surface area contributed by atoms with Crippen LogP contribution in [-0.2, 0) is 6.42 Å². The van der Waals surface area contributed by atoms with Crippen molar-refractivity contribution in [2.24, 2.45) is 0 Å². The van der Waals surface area contributed by atoms with Gasteiger partial charge in [-0.2, -0.15) is 11.3 Å². The van der Waals surface area contributed by atoms with Gasteiger partial charge in [0.05, 0.1) is 7.11 Å². The number of carbonyl (C=O) groups is 2. The quantitative estimate of drug-likeness (QED) is 0.700. The number of rotatable bonds is 7. The van der Waals surface area contributed by atoms with Gasteiger partial charge >= 0.3 is 6.03 Å². The fourth-order valence-electron chi connectivity index (χ4n) is 3.28. The van der Waals surface area contributed by atoms with Crippen LogP contribution in [0.3, 0.4) is 0 Å². The molecule has 0 unspecified atom stereocenters. The van der Waals surface area contributed by atoms with E-state index in [0.29, 0.717) is 25.2 Å². The van der Waals surface area contributed by atoms with Gasteiger partial charge in [0.1, 0.15) is 5.75 Å². The molecular weight excluding hydrogens is 374 g/mol. The van der Waals surface area contributed by atoms with E-state index in [1.54, 1.807) is 7.11 Å². The van der Waals surface area contributed by atoms with Crippen LogP contribution in [0.25, 0.3) is 0 Å². The van der Waals surface area contributed by atoms with E-state index < -0.39 is 0 Å². The van der Waals surface area contributed by atoms with Crippen LogP contribution in [0.15, 0.2) is 41.1 Å². The molecule has 0 radical (unpaired) electrons. The first-order chi connectivity index (χ1) is 13.7. The Bertz CT molecular complexity index is 754. The highest BCUT2D eigenvalue weighted by Crippen LogP contribution is 2.14. The number of likely N-dealkylation sites (tertiary alicyclic amines) is 1. The molecule has 1 saturated heterocycles. The lowest BCUT2D eigenvalue weighted by Gasteiger charge is -2.32. The molecule has 1 aromatic heterocycles. The predicted octanol–water partition coefficient (Wildman–Crippen LogP) is 3.29. The Morgan fingerprint density at radius 1 is 1.18 bits per heavy atom. The van der Waals surface area contributed by atoms with Crippen LogP contribution in [0.4, 0.5) is 4.79 Å². The summed E-state index contributed by atoms with van der Waals surface area (Å²) in [7, 11) is 1.66. The minimum Gasteiger partial charge on any atom is -0.497 e. The molecule has 6 nitrogen and oxygen atoms in total. The van der Waals surface area contributed by atoms with Gasteiger partial charge in [0.25, 0.3) is 5.91 Å². The highest BCUT2D eigenvalue weighted by molar-refractivity contribution is 7.08. The van der Waals surface area contributed by atoms with E-state index >= 15 is 0 Å². The van der Waals surface area contributed by atoms with Crippen molar-refractivity contribution in [3.05, 3.63) is 52.2 Å². The van der Waals surface area contributed by atoms with Gasteiger partial charge in [0.15, 0.2) is 0 Å². The molecule has 1 aliphatic rings. The van der Waals surface area contributed by atoms with Gasteiger partial charge in [-0.1, -0.05) is 12.1 Å². The Labute approximate surface area is 169 Å². The molecule has 2 aromatic rings. The number of thiophene rings is 1. The third kappa shape index (κ3) is 5.73. The van der Waals surface area contributed by atoms with Crippen LogP contribution in [-0.4, -0.2) is 49.6 Å². The van der Waals surface area contributed by atoms with Crippen molar-refractivity contribution < 1.29 is 14.3 Å². The molecule has 3 amide bonds. The van der Waals surface area contributed by atoms with Gasteiger partial charge in [0, 0.05) is 36.6 Å². The predicted molar refractivity (Wildman–Crippen MR) is 111 cm³/mol. The summed E-state index contributed by atoms with van der Waals surface area (Å²) in [5, 5.41) is 9.81. The zero-order valence-electron chi connectivity index (χ0n) is 16.1. The van der Waals surface area contributed by atoms with Crippen LogP contribution in [0.2, 0.25) is 0 Å². The van der Waals surface area contributed by atoms with Crippen LogP contribution < -0.4 is 15.4 Å². The van der Waals surface area contributed by atoms with Gasteiger partial charge < -0.3 is 20.3 Å². The summed E-state index contributed by atoms with van der Waals surface area (Å²) >= 11 is 1.52. The lowest BCUT2D eigenvalue weighted by Crippen LogP contribution is -2.49. The van der Waals surface area contributed by atoms with Crippen LogP contribution >= 0.6 is 11.3 Å². The third-order valence-corrected chi connectivity index (χ3v) is 5.66. The molecule has 0 bridgehead atoms. The zero-order chi connectivity index (χ0) is 19.8. The number of carbonyl (C=O) groups excluding carboxylic acids is 2. The molecule has 2 heterocycles. The third-order valence-electron chi connectivity index (χ3n) is 4.98. The number of nitrogens with zero attached hydrogens (tertiary/aromatic N) is 1. The maximum Gasteiger partial charge on any atom is 0.317 e. The van der Waals surface area contributed by atoms with E-state index in [-0.39, 0.29) is 18.0 Å². The number of amides is 3. The highest BCUT2D eigenvalue weighted by Gasteiger charge is 2.24. The lowest BCUT2D eigenvalue weighted by molar-refractivity contribution is 0.0918. The van der Waals surface area contributed by atoms with Gasteiger partial charge in [-0.05, 0) is 54.8 Å². The molecule has 1 fully saturated rings. The number of ether oxygens (including phenoxy) is 1. The molecule has 0 saturated carbocycles. The van der Waals surface area contributed by atoms with Crippen molar-refractivity contribution >= 4 is 23.3 Å². The van der Waals surface area contributed by atoms with Gasteiger partial charge in [-0.3, -0.25) is 4.79 Å². The second-order valence-corrected chi connectivity index (χ2v) is 7.71. The van der Waals surface area contributed by atoms with E-state index in [1.807, 2.05) is 33.9 Å². The molecule has 1 aliphatic heterocycles. The van der Waals surface area contributed by atoms with Gasteiger partial charge in [-0.15, -0.1) is 0 Å². The van der Waals surface area contributed by atoms with E-state index in [1.165, 1.54) is 16.9 Å². The Balaban J connectivity index is 1.31. The fraction of sp³-hybridized carbons (Fsp3) is 0.429. The van der Waals surface area contributed by atoms with Crippen molar-refractivity contribution in [3.8, 4) is 5.75 Å².